The molecule has 1 aromatic rings. The summed E-state index contributed by atoms with van der Waals surface area (Å²) in [6, 6.07) is 10.5. The fraction of sp³-hybridized carbons (Fsp3) is 0.667. The molecule has 0 unspecified atom stereocenters. The lowest BCUT2D eigenvalue weighted by atomic mass is 10.0. The number of benzene rings is 1. The Hall–Kier alpha value is -0.820. The summed E-state index contributed by atoms with van der Waals surface area (Å²) in [4.78, 5) is 0. The number of rotatable bonds is 1. The first kappa shape index (κ1) is 16.2. The summed E-state index contributed by atoms with van der Waals surface area (Å²) in [5, 5.41) is 0. The molecule has 1 nitrogen and oxygen atoms in total. The summed E-state index contributed by atoms with van der Waals surface area (Å²) in [6.07, 6.45) is 12.7. The Morgan fingerprint density at radius 3 is 1.47 bits per heavy atom. The Morgan fingerprint density at radius 1 is 0.737 bits per heavy atom. The highest BCUT2D eigenvalue weighted by atomic mass is 16.5. The average molecular weight is 262 g/mol. The van der Waals surface area contributed by atoms with E-state index in [1.807, 2.05) is 6.07 Å². The Kier molecular flexibility index (Phi) is 10.4. The van der Waals surface area contributed by atoms with Crippen molar-refractivity contribution in [2.24, 2.45) is 0 Å². The van der Waals surface area contributed by atoms with Gasteiger partial charge in [0.25, 0.3) is 0 Å². The number of ether oxygens (including phenoxy) is 1. The molecule has 0 atom stereocenters. The van der Waals surface area contributed by atoms with Crippen molar-refractivity contribution in [2.75, 3.05) is 13.2 Å². The summed E-state index contributed by atoms with van der Waals surface area (Å²) < 4.78 is 4.94. The van der Waals surface area contributed by atoms with E-state index in [0.29, 0.717) is 0 Å². The van der Waals surface area contributed by atoms with E-state index in [-0.39, 0.29) is 0 Å². The highest BCUT2D eigenvalue weighted by molar-refractivity contribution is 5.13. The minimum atomic E-state index is 1.00. The van der Waals surface area contributed by atoms with Crippen molar-refractivity contribution >= 4 is 0 Å². The van der Waals surface area contributed by atoms with E-state index in [2.05, 4.69) is 31.2 Å². The minimum absolute atomic E-state index is 1.00. The second kappa shape index (κ2) is 12.2. The van der Waals surface area contributed by atoms with Gasteiger partial charge in [0.2, 0.25) is 0 Å². The molecule has 0 radical (unpaired) electrons. The lowest BCUT2D eigenvalue weighted by Crippen LogP contribution is -1.85. The largest absolute Gasteiger partial charge is 0.381 e. The third-order valence-electron chi connectivity index (χ3n) is 3.58. The molecule has 1 saturated carbocycles. The van der Waals surface area contributed by atoms with Crippen LogP contribution in [0.15, 0.2) is 30.3 Å². The second-order valence-corrected chi connectivity index (χ2v) is 5.28. The molecule has 1 aromatic carbocycles. The Balaban J connectivity index is 0.000000147. The molecule has 108 valence electrons. The van der Waals surface area contributed by atoms with Gasteiger partial charge in [0.1, 0.15) is 0 Å². The van der Waals surface area contributed by atoms with E-state index in [1.54, 1.807) is 0 Å². The van der Waals surface area contributed by atoms with E-state index in [1.165, 1.54) is 56.9 Å². The Bertz CT molecular complexity index is 254. The molecule has 2 aliphatic rings. The van der Waals surface area contributed by atoms with Crippen LogP contribution in [0.4, 0.5) is 0 Å². The van der Waals surface area contributed by atoms with Gasteiger partial charge in [-0.15, -0.1) is 0 Å². The van der Waals surface area contributed by atoms with Gasteiger partial charge in [-0.1, -0.05) is 75.8 Å². The molecule has 0 N–H and O–H groups in total. The van der Waals surface area contributed by atoms with Gasteiger partial charge in [-0.25, -0.2) is 0 Å². The maximum absolute atomic E-state index is 4.94. The highest BCUT2D eigenvalue weighted by Gasteiger charge is 1.95. The van der Waals surface area contributed by atoms with E-state index >= 15 is 0 Å². The maximum Gasteiger partial charge on any atom is 0.0466 e. The van der Waals surface area contributed by atoms with Crippen LogP contribution >= 0.6 is 0 Å². The van der Waals surface area contributed by atoms with Gasteiger partial charge in [0.05, 0.1) is 0 Å². The van der Waals surface area contributed by atoms with Gasteiger partial charge in [-0.2, -0.15) is 0 Å². The Labute approximate surface area is 119 Å². The summed E-state index contributed by atoms with van der Waals surface area (Å²) in [7, 11) is 0. The number of aryl methyl sites for hydroxylation is 1. The van der Waals surface area contributed by atoms with E-state index < -0.39 is 0 Å². The smallest absolute Gasteiger partial charge is 0.0466 e. The lowest BCUT2D eigenvalue weighted by molar-refractivity contribution is 0.198. The zero-order valence-electron chi connectivity index (χ0n) is 12.6. The SMILES string of the molecule is C1CCCCC1.C1CCOC1.CCc1ccccc1. The normalized spacial score (nSPS) is 17.7. The van der Waals surface area contributed by atoms with Gasteiger partial charge in [0.15, 0.2) is 0 Å². The predicted molar refractivity (Wildman–Crippen MR) is 83.6 cm³/mol. The van der Waals surface area contributed by atoms with Crippen LogP contribution in [0.25, 0.3) is 0 Å². The number of hydrogen-bond acceptors (Lipinski definition) is 1. The van der Waals surface area contributed by atoms with E-state index in [9.17, 15) is 0 Å². The van der Waals surface area contributed by atoms with Crippen LogP contribution in [0.3, 0.4) is 0 Å². The first-order valence-corrected chi connectivity index (χ1v) is 8.05. The first-order valence-electron chi connectivity index (χ1n) is 8.05. The topological polar surface area (TPSA) is 9.23 Å². The van der Waals surface area contributed by atoms with Crippen LogP contribution in [0.5, 0.6) is 0 Å². The fourth-order valence-corrected chi connectivity index (χ4v) is 2.28. The van der Waals surface area contributed by atoms with Crippen molar-refractivity contribution in [2.45, 2.75) is 64.7 Å². The van der Waals surface area contributed by atoms with Crippen LogP contribution < -0.4 is 0 Å². The summed E-state index contributed by atoms with van der Waals surface area (Å²) in [5.41, 5.74) is 1.41. The Morgan fingerprint density at radius 2 is 1.21 bits per heavy atom. The van der Waals surface area contributed by atoms with Crippen LogP contribution in [-0.4, -0.2) is 13.2 Å². The monoisotopic (exact) mass is 262 g/mol. The van der Waals surface area contributed by atoms with Crippen LogP contribution in [0.2, 0.25) is 0 Å². The lowest BCUT2D eigenvalue weighted by Gasteiger charge is -2.05. The maximum atomic E-state index is 4.94. The molecule has 1 saturated heterocycles. The number of hydrogen-bond donors (Lipinski definition) is 0. The average Bonchev–Trinajstić information content (AvgIpc) is 3.10. The minimum Gasteiger partial charge on any atom is -0.381 e. The summed E-state index contributed by atoms with van der Waals surface area (Å²) in [5.74, 6) is 0. The summed E-state index contributed by atoms with van der Waals surface area (Å²) >= 11 is 0. The molecule has 2 fully saturated rings. The third kappa shape index (κ3) is 9.72. The standard InChI is InChI=1S/C8H10.C6H12.C4H8O/c1-2-8-6-4-3-5-7-8;1-2-4-6-5-3-1;1-2-4-5-3-1/h3-7H,2H2,1H3;1-6H2;1-4H2. The predicted octanol–water partition coefficient (Wildman–Crippen LogP) is 5.39. The zero-order chi connectivity index (χ0) is 13.6. The fourth-order valence-electron chi connectivity index (χ4n) is 2.28. The van der Waals surface area contributed by atoms with Gasteiger partial charge in [0, 0.05) is 13.2 Å². The third-order valence-corrected chi connectivity index (χ3v) is 3.58. The quantitative estimate of drug-likeness (QED) is 0.659. The van der Waals surface area contributed by atoms with Crippen molar-refractivity contribution in [1.82, 2.24) is 0 Å². The van der Waals surface area contributed by atoms with Gasteiger partial charge >= 0.3 is 0 Å². The van der Waals surface area contributed by atoms with E-state index in [4.69, 9.17) is 4.74 Å². The van der Waals surface area contributed by atoms with Gasteiger partial charge in [-0.05, 0) is 24.8 Å². The van der Waals surface area contributed by atoms with Crippen molar-refractivity contribution < 1.29 is 4.74 Å². The molecule has 0 spiro atoms. The molecule has 19 heavy (non-hydrogen) atoms. The second-order valence-electron chi connectivity index (χ2n) is 5.28. The molecule has 0 bridgehead atoms. The van der Waals surface area contributed by atoms with Crippen LogP contribution in [0, 0.1) is 0 Å². The van der Waals surface area contributed by atoms with Gasteiger partial charge < -0.3 is 4.74 Å². The van der Waals surface area contributed by atoms with Crippen molar-refractivity contribution in [3.8, 4) is 0 Å². The highest BCUT2D eigenvalue weighted by Crippen LogP contribution is 2.15. The van der Waals surface area contributed by atoms with Crippen molar-refractivity contribution in [3.63, 3.8) is 0 Å². The molecular formula is C18H30O. The first-order chi connectivity index (χ1) is 9.43. The molecule has 1 aliphatic heterocycles. The van der Waals surface area contributed by atoms with Crippen LogP contribution in [0.1, 0.15) is 63.9 Å². The summed E-state index contributed by atoms with van der Waals surface area (Å²) in [6.45, 7) is 4.16. The molecule has 1 aliphatic carbocycles. The molecule has 0 amide bonds. The molecule has 1 heterocycles. The molecule has 1 heteroatoms. The molecular weight excluding hydrogens is 232 g/mol. The van der Waals surface area contributed by atoms with Crippen molar-refractivity contribution in [3.05, 3.63) is 35.9 Å². The molecule has 3 rings (SSSR count). The zero-order valence-corrected chi connectivity index (χ0v) is 12.6. The van der Waals surface area contributed by atoms with Crippen LogP contribution in [-0.2, 0) is 11.2 Å². The van der Waals surface area contributed by atoms with Gasteiger partial charge in [-0.3, -0.25) is 0 Å². The van der Waals surface area contributed by atoms with E-state index in [0.717, 1.165) is 19.6 Å². The molecule has 0 aromatic heterocycles. The van der Waals surface area contributed by atoms with Crippen molar-refractivity contribution in [1.29, 1.82) is 0 Å².